The Bertz CT molecular complexity index is 1370. The smallest absolute Gasteiger partial charge is 0.419 e. The first-order valence-corrected chi connectivity index (χ1v) is 14.0. The molecule has 0 saturated heterocycles. The molecule has 4 aromatic carbocycles. The van der Waals surface area contributed by atoms with Crippen LogP contribution in [0.5, 0.6) is 23.0 Å². The van der Waals surface area contributed by atoms with E-state index in [1.165, 1.54) is 0 Å². The van der Waals surface area contributed by atoms with Crippen molar-refractivity contribution in [3.8, 4) is 23.0 Å². The number of methoxy groups -OCH3 is 2. The van der Waals surface area contributed by atoms with E-state index in [1.807, 2.05) is 60.7 Å². The van der Waals surface area contributed by atoms with Gasteiger partial charge >= 0.3 is 11.9 Å². The van der Waals surface area contributed by atoms with E-state index in [1.54, 1.807) is 62.8 Å². The number of rotatable bonds is 14. The summed E-state index contributed by atoms with van der Waals surface area (Å²) in [7, 11) is 3.12. The molecule has 10 nitrogen and oxygen atoms in total. The fourth-order valence-electron chi connectivity index (χ4n) is 4.41. The third-order valence-corrected chi connectivity index (χ3v) is 6.56. The van der Waals surface area contributed by atoms with Crippen LogP contribution in [0.1, 0.15) is 36.2 Å². The van der Waals surface area contributed by atoms with Gasteiger partial charge in [-0.2, -0.15) is 0 Å². The Labute approximate surface area is 256 Å². The standard InChI is InChI=1S/C34H36N2O8/c1-39-25-15-9-17-27(19-25)41-29(23-11-5-3-6-12-23)21-31(35)43-33(37)34(38)44-32(36)22-30(24-13-7-4-8-14-24)42-28-18-10-16-26(20-28)40-2/h3-20,29-32H,21-22,35-36H2,1-2H3. The number of carbonyl (C=O) groups excluding carboxylic acids is 2. The molecule has 0 aromatic heterocycles. The molecule has 0 aliphatic heterocycles. The average Bonchev–Trinajstić information content (AvgIpc) is 3.05. The summed E-state index contributed by atoms with van der Waals surface area (Å²) in [5.41, 5.74) is 13.9. The predicted octanol–water partition coefficient (Wildman–Crippen LogP) is 5.08. The largest absolute Gasteiger partial charge is 0.497 e. The van der Waals surface area contributed by atoms with Gasteiger partial charge in [0.05, 0.1) is 14.2 Å². The molecule has 4 atom stereocenters. The SMILES string of the molecule is COc1cccc(OC(CC(N)OC(=O)C(=O)OC(N)CC(Oc2cccc(OC)c2)c2ccccc2)c2ccccc2)c1. The van der Waals surface area contributed by atoms with E-state index >= 15 is 0 Å². The molecule has 0 aliphatic carbocycles. The number of esters is 2. The van der Waals surface area contributed by atoms with Crippen molar-refractivity contribution in [1.29, 1.82) is 0 Å². The lowest BCUT2D eigenvalue weighted by Crippen LogP contribution is -2.37. The summed E-state index contributed by atoms with van der Waals surface area (Å²) in [6, 6.07) is 32.8. The Balaban J connectivity index is 1.36. The van der Waals surface area contributed by atoms with E-state index in [4.69, 9.17) is 39.9 Å². The van der Waals surface area contributed by atoms with Gasteiger partial charge in [0, 0.05) is 25.0 Å². The van der Waals surface area contributed by atoms with Crippen molar-refractivity contribution in [3.05, 3.63) is 120 Å². The van der Waals surface area contributed by atoms with E-state index in [0.29, 0.717) is 23.0 Å². The molecule has 4 N–H and O–H groups in total. The third-order valence-electron chi connectivity index (χ3n) is 6.56. The fraction of sp³-hybridized carbons (Fsp3) is 0.235. The maximum Gasteiger partial charge on any atom is 0.419 e. The first kappa shape index (κ1) is 31.9. The van der Waals surface area contributed by atoms with E-state index in [0.717, 1.165) is 11.1 Å². The van der Waals surface area contributed by atoms with Crippen LogP contribution in [0.25, 0.3) is 0 Å². The third kappa shape index (κ3) is 9.48. The second-order valence-corrected chi connectivity index (χ2v) is 9.75. The minimum Gasteiger partial charge on any atom is -0.497 e. The Morgan fingerprint density at radius 3 is 1.27 bits per heavy atom. The van der Waals surface area contributed by atoms with Crippen LogP contribution in [0.2, 0.25) is 0 Å². The summed E-state index contributed by atoms with van der Waals surface area (Å²) >= 11 is 0. The summed E-state index contributed by atoms with van der Waals surface area (Å²) in [6.07, 6.45) is -3.45. The number of hydrogen-bond acceptors (Lipinski definition) is 10. The summed E-state index contributed by atoms with van der Waals surface area (Å²) in [6.45, 7) is 0. The molecule has 10 heteroatoms. The van der Waals surface area contributed by atoms with Crippen molar-refractivity contribution in [2.75, 3.05) is 14.2 Å². The molecule has 4 aromatic rings. The lowest BCUT2D eigenvalue weighted by Gasteiger charge is -2.24. The van der Waals surface area contributed by atoms with Gasteiger partial charge in [0.1, 0.15) is 35.2 Å². The van der Waals surface area contributed by atoms with Crippen molar-refractivity contribution < 1.29 is 38.0 Å². The monoisotopic (exact) mass is 600 g/mol. The maximum atomic E-state index is 12.6. The Morgan fingerprint density at radius 1 is 0.545 bits per heavy atom. The van der Waals surface area contributed by atoms with Crippen molar-refractivity contribution in [1.82, 2.24) is 0 Å². The van der Waals surface area contributed by atoms with Gasteiger partial charge < -0.3 is 28.4 Å². The van der Waals surface area contributed by atoms with E-state index in [2.05, 4.69) is 0 Å². The highest BCUT2D eigenvalue weighted by Crippen LogP contribution is 2.30. The first-order valence-electron chi connectivity index (χ1n) is 14.0. The summed E-state index contributed by atoms with van der Waals surface area (Å²) in [4.78, 5) is 25.3. The number of hydrogen-bond donors (Lipinski definition) is 2. The van der Waals surface area contributed by atoms with Crippen LogP contribution in [0, 0.1) is 0 Å². The molecule has 0 saturated carbocycles. The average molecular weight is 601 g/mol. The molecule has 0 aliphatic rings. The predicted molar refractivity (Wildman–Crippen MR) is 163 cm³/mol. The molecular weight excluding hydrogens is 564 g/mol. The lowest BCUT2D eigenvalue weighted by molar-refractivity contribution is -0.175. The van der Waals surface area contributed by atoms with Crippen LogP contribution in [-0.4, -0.2) is 38.6 Å². The number of benzene rings is 4. The highest BCUT2D eigenvalue weighted by atomic mass is 16.6. The summed E-state index contributed by atoms with van der Waals surface area (Å²) < 4.78 is 33.3. The van der Waals surface area contributed by atoms with Crippen LogP contribution >= 0.6 is 0 Å². The Kier molecular flexibility index (Phi) is 11.6. The van der Waals surface area contributed by atoms with Gasteiger partial charge in [-0.15, -0.1) is 0 Å². The Morgan fingerprint density at radius 2 is 0.909 bits per heavy atom. The van der Waals surface area contributed by atoms with Crippen LogP contribution < -0.4 is 30.4 Å². The minimum absolute atomic E-state index is 0.0523. The van der Waals surface area contributed by atoms with Gasteiger partial charge in [-0.25, -0.2) is 9.59 Å². The van der Waals surface area contributed by atoms with Gasteiger partial charge in [-0.05, 0) is 35.4 Å². The molecule has 0 spiro atoms. The summed E-state index contributed by atoms with van der Waals surface area (Å²) in [5.74, 6) is -0.241. The van der Waals surface area contributed by atoms with E-state index in [9.17, 15) is 9.59 Å². The number of ether oxygens (including phenoxy) is 6. The molecule has 0 amide bonds. The van der Waals surface area contributed by atoms with Gasteiger partial charge in [-0.1, -0.05) is 72.8 Å². The second kappa shape index (κ2) is 16.0. The zero-order chi connectivity index (χ0) is 31.3. The van der Waals surface area contributed by atoms with Crippen molar-refractivity contribution in [3.63, 3.8) is 0 Å². The van der Waals surface area contributed by atoms with Gasteiger partial charge in [0.25, 0.3) is 0 Å². The van der Waals surface area contributed by atoms with Crippen LogP contribution in [0.3, 0.4) is 0 Å². The number of carbonyl (C=O) groups is 2. The molecule has 0 heterocycles. The number of nitrogens with two attached hydrogens (primary N) is 2. The molecule has 4 rings (SSSR count). The first-order chi connectivity index (χ1) is 21.3. The zero-order valence-corrected chi connectivity index (χ0v) is 24.5. The second-order valence-electron chi connectivity index (χ2n) is 9.75. The molecule has 0 bridgehead atoms. The van der Waals surface area contributed by atoms with Crippen LogP contribution in [0.4, 0.5) is 0 Å². The van der Waals surface area contributed by atoms with Crippen LogP contribution in [0.15, 0.2) is 109 Å². The van der Waals surface area contributed by atoms with Crippen molar-refractivity contribution in [2.24, 2.45) is 11.5 Å². The fourth-order valence-corrected chi connectivity index (χ4v) is 4.41. The quantitative estimate of drug-likeness (QED) is 0.114. The highest BCUT2D eigenvalue weighted by molar-refractivity contribution is 6.29. The molecule has 230 valence electrons. The van der Waals surface area contributed by atoms with Crippen molar-refractivity contribution in [2.45, 2.75) is 37.5 Å². The molecule has 0 fully saturated rings. The van der Waals surface area contributed by atoms with Gasteiger partial charge in [-0.3, -0.25) is 11.5 Å². The van der Waals surface area contributed by atoms with Gasteiger partial charge in [0.2, 0.25) is 0 Å². The highest BCUT2D eigenvalue weighted by Gasteiger charge is 2.28. The van der Waals surface area contributed by atoms with Crippen molar-refractivity contribution >= 4 is 11.9 Å². The molecular formula is C34H36N2O8. The zero-order valence-electron chi connectivity index (χ0n) is 24.5. The maximum absolute atomic E-state index is 12.6. The van der Waals surface area contributed by atoms with E-state index < -0.39 is 36.6 Å². The topological polar surface area (TPSA) is 142 Å². The minimum atomic E-state index is -1.27. The van der Waals surface area contributed by atoms with Gasteiger partial charge in [0.15, 0.2) is 12.5 Å². The van der Waals surface area contributed by atoms with Crippen LogP contribution in [-0.2, 0) is 19.1 Å². The summed E-state index contributed by atoms with van der Waals surface area (Å²) in [5, 5.41) is 0. The molecule has 4 unspecified atom stereocenters. The normalized spacial score (nSPS) is 13.5. The molecule has 0 radical (unpaired) electrons. The molecule has 44 heavy (non-hydrogen) atoms. The van der Waals surface area contributed by atoms with E-state index in [-0.39, 0.29) is 12.8 Å². The lowest BCUT2D eigenvalue weighted by atomic mass is 10.1. The Hall–Kier alpha value is -5.06.